The summed E-state index contributed by atoms with van der Waals surface area (Å²) >= 11 is 1.81. The van der Waals surface area contributed by atoms with E-state index in [1.807, 2.05) is 18.3 Å². The Morgan fingerprint density at radius 3 is 2.89 bits per heavy atom. The van der Waals surface area contributed by atoms with Crippen molar-refractivity contribution in [1.29, 1.82) is 0 Å². The number of likely N-dealkylation sites (N-methyl/N-ethyl adjacent to an activating group) is 1. The van der Waals surface area contributed by atoms with E-state index in [4.69, 9.17) is 10.2 Å². The molecule has 0 fully saturated rings. The van der Waals surface area contributed by atoms with E-state index < -0.39 is 0 Å². The molecule has 0 bridgehead atoms. The summed E-state index contributed by atoms with van der Waals surface area (Å²) in [5.74, 6) is 1.95. The van der Waals surface area contributed by atoms with Crippen LogP contribution in [-0.2, 0) is 19.5 Å². The van der Waals surface area contributed by atoms with Gasteiger partial charge in [0.15, 0.2) is 0 Å². The Morgan fingerprint density at radius 2 is 2.28 bits per heavy atom. The number of rotatable bonds is 6. The highest BCUT2D eigenvalue weighted by atomic mass is 32.1. The van der Waals surface area contributed by atoms with Gasteiger partial charge in [0.1, 0.15) is 11.5 Å². The van der Waals surface area contributed by atoms with Crippen molar-refractivity contribution in [2.45, 2.75) is 26.4 Å². The van der Waals surface area contributed by atoms with Crippen molar-refractivity contribution in [1.82, 2.24) is 4.90 Å². The van der Waals surface area contributed by atoms with Crippen molar-refractivity contribution in [3.8, 4) is 0 Å². The van der Waals surface area contributed by atoms with Crippen LogP contribution in [-0.4, -0.2) is 18.5 Å². The maximum atomic E-state index is 5.69. The van der Waals surface area contributed by atoms with Crippen molar-refractivity contribution in [3.05, 3.63) is 45.5 Å². The first-order valence-corrected chi connectivity index (χ1v) is 7.06. The maximum Gasteiger partial charge on any atom is 0.118 e. The van der Waals surface area contributed by atoms with E-state index in [1.54, 1.807) is 0 Å². The van der Waals surface area contributed by atoms with Gasteiger partial charge in [0, 0.05) is 23.5 Å². The van der Waals surface area contributed by atoms with Gasteiger partial charge in [-0.1, -0.05) is 6.07 Å². The third-order valence-corrected chi connectivity index (χ3v) is 3.97. The number of aryl methyl sites for hydroxylation is 1. The highest BCUT2D eigenvalue weighted by Gasteiger charge is 2.08. The molecule has 0 saturated heterocycles. The topological polar surface area (TPSA) is 42.4 Å². The van der Waals surface area contributed by atoms with Crippen LogP contribution in [0.4, 0.5) is 0 Å². The van der Waals surface area contributed by atoms with Crippen LogP contribution >= 0.6 is 11.3 Å². The van der Waals surface area contributed by atoms with E-state index in [1.165, 1.54) is 4.88 Å². The van der Waals surface area contributed by atoms with E-state index in [0.29, 0.717) is 6.54 Å². The Labute approximate surface area is 112 Å². The summed E-state index contributed by atoms with van der Waals surface area (Å²) in [6, 6.07) is 6.35. The average molecular weight is 264 g/mol. The van der Waals surface area contributed by atoms with Gasteiger partial charge in [-0.05, 0) is 37.9 Å². The molecule has 0 aliphatic carbocycles. The van der Waals surface area contributed by atoms with Crippen molar-refractivity contribution in [2.24, 2.45) is 5.73 Å². The Balaban J connectivity index is 1.84. The Kier molecular flexibility index (Phi) is 4.58. The molecular formula is C14H20N2OS. The first-order chi connectivity index (χ1) is 8.69. The van der Waals surface area contributed by atoms with E-state index in [0.717, 1.165) is 36.6 Å². The molecule has 0 radical (unpaired) electrons. The van der Waals surface area contributed by atoms with Crippen molar-refractivity contribution >= 4 is 11.3 Å². The lowest BCUT2D eigenvalue weighted by molar-refractivity contribution is 0.296. The predicted octanol–water partition coefficient (Wildman–Crippen LogP) is 2.78. The van der Waals surface area contributed by atoms with E-state index in [9.17, 15) is 0 Å². The smallest absolute Gasteiger partial charge is 0.118 e. The second-order valence-corrected chi connectivity index (χ2v) is 5.60. The van der Waals surface area contributed by atoms with Gasteiger partial charge in [0.25, 0.3) is 0 Å². The van der Waals surface area contributed by atoms with Gasteiger partial charge in [-0.15, -0.1) is 11.3 Å². The fourth-order valence-corrected chi connectivity index (χ4v) is 2.67. The van der Waals surface area contributed by atoms with Crippen molar-refractivity contribution < 1.29 is 4.42 Å². The molecule has 4 heteroatoms. The van der Waals surface area contributed by atoms with Crippen molar-refractivity contribution in [2.75, 3.05) is 13.6 Å². The van der Waals surface area contributed by atoms with Crippen LogP contribution in [0, 0.1) is 6.92 Å². The fraction of sp³-hybridized carbons (Fsp3) is 0.429. The number of thiophene rings is 1. The molecule has 18 heavy (non-hydrogen) atoms. The average Bonchev–Trinajstić information content (AvgIpc) is 2.96. The first-order valence-electron chi connectivity index (χ1n) is 6.18. The Bertz CT molecular complexity index is 476. The number of hydrogen-bond acceptors (Lipinski definition) is 4. The summed E-state index contributed by atoms with van der Waals surface area (Å²) < 4.78 is 5.69. The normalized spacial score (nSPS) is 11.3. The van der Waals surface area contributed by atoms with Crippen LogP contribution in [0.1, 0.15) is 22.0 Å². The first kappa shape index (κ1) is 13.3. The Morgan fingerprint density at radius 1 is 1.44 bits per heavy atom. The summed E-state index contributed by atoms with van der Waals surface area (Å²) in [6.07, 6.45) is 1.09. The second kappa shape index (κ2) is 6.18. The maximum absolute atomic E-state index is 5.69. The van der Waals surface area contributed by atoms with Gasteiger partial charge < -0.3 is 10.2 Å². The Hall–Kier alpha value is -1.10. The lowest BCUT2D eigenvalue weighted by Crippen LogP contribution is -2.20. The molecular weight excluding hydrogens is 244 g/mol. The third-order valence-electron chi connectivity index (χ3n) is 3.04. The minimum atomic E-state index is 0.550. The summed E-state index contributed by atoms with van der Waals surface area (Å²) in [4.78, 5) is 3.71. The SMILES string of the molecule is Cc1oc(CN(C)CCc2cccs2)cc1CN. The number of hydrogen-bond donors (Lipinski definition) is 1. The molecule has 98 valence electrons. The van der Waals surface area contributed by atoms with Gasteiger partial charge >= 0.3 is 0 Å². The van der Waals surface area contributed by atoms with Gasteiger partial charge in [0.2, 0.25) is 0 Å². The largest absolute Gasteiger partial charge is 0.465 e. The quantitative estimate of drug-likeness (QED) is 0.872. The van der Waals surface area contributed by atoms with E-state index in [-0.39, 0.29) is 0 Å². The fourth-order valence-electron chi connectivity index (χ4n) is 1.97. The molecule has 0 unspecified atom stereocenters. The standard InChI is InChI=1S/C14H20N2OS/c1-11-12(9-15)8-13(17-11)10-16(2)6-5-14-4-3-7-18-14/h3-4,7-8H,5-6,9-10,15H2,1-2H3. The lowest BCUT2D eigenvalue weighted by Gasteiger charge is -2.14. The molecule has 2 aromatic heterocycles. The van der Waals surface area contributed by atoms with Crippen molar-refractivity contribution in [3.63, 3.8) is 0 Å². The van der Waals surface area contributed by atoms with Gasteiger partial charge in [0.05, 0.1) is 6.54 Å². The van der Waals surface area contributed by atoms with E-state index in [2.05, 4.69) is 35.5 Å². The zero-order valence-electron chi connectivity index (χ0n) is 11.0. The number of nitrogens with zero attached hydrogens (tertiary/aromatic N) is 1. The van der Waals surface area contributed by atoms with Gasteiger partial charge in [-0.2, -0.15) is 0 Å². The second-order valence-electron chi connectivity index (χ2n) is 4.57. The number of nitrogens with two attached hydrogens (primary N) is 1. The summed E-state index contributed by atoms with van der Waals surface area (Å²) in [5.41, 5.74) is 6.75. The summed E-state index contributed by atoms with van der Waals surface area (Å²) in [5, 5.41) is 2.12. The van der Waals surface area contributed by atoms with E-state index >= 15 is 0 Å². The molecule has 0 amide bonds. The number of furan rings is 1. The third kappa shape index (κ3) is 3.45. The summed E-state index contributed by atoms with van der Waals surface area (Å²) in [7, 11) is 2.12. The molecule has 0 spiro atoms. The van der Waals surface area contributed by atoms with Gasteiger partial charge in [-0.25, -0.2) is 0 Å². The van der Waals surface area contributed by atoms with Gasteiger partial charge in [-0.3, -0.25) is 4.90 Å². The molecule has 0 aliphatic rings. The van der Waals surface area contributed by atoms with Crippen LogP contribution < -0.4 is 5.73 Å². The molecule has 0 saturated carbocycles. The molecule has 3 nitrogen and oxygen atoms in total. The zero-order chi connectivity index (χ0) is 13.0. The molecule has 2 N–H and O–H groups in total. The van der Waals surface area contributed by atoms with Crippen LogP contribution in [0.5, 0.6) is 0 Å². The van der Waals surface area contributed by atoms with Crippen LogP contribution in [0.3, 0.4) is 0 Å². The minimum absolute atomic E-state index is 0.550. The van der Waals surface area contributed by atoms with Crippen LogP contribution in [0.25, 0.3) is 0 Å². The molecule has 2 heterocycles. The summed E-state index contributed by atoms with van der Waals surface area (Å²) in [6.45, 7) is 4.40. The highest BCUT2D eigenvalue weighted by Crippen LogP contribution is 2.16. The van der Waals surface area contributed by atoms with Crippen LogP contribution in [0.2, 0.25) is 0 Å². The zero-order valence-corrected chi connectivity index (χ0v) is 11.8. The molecule has 0 atom stereocenters. The molecule has 2 aromatic rings. The molecule has 0 aliphatic heterocycles. The minimum Gasteiger partial charge on any atom is -0.465 e. The van der Waals surface area contributed by atoms with Crippen LogP contribution in [0.15, 0.2) is 28.0 Å². The molecule has 2 rings (SSSR count). The monoisotopic (exact) mass is 264 g/mol. The lowest BCUT2D eigenvalue weighted by atomic mass is 10.2. The highest BCUT2D eigenvalue weighted by molar-refractivity contribution is 7.09. The molecule has 0 aromatic carbocycles. The predicted molar refractivity (Wildman–Crippen MR) is 75.7 cm³/mol.